The molecule has 2 aliphatic rings. The fraction of sp³-hybridized carbons (Fsp3) is 0.292. The van der Waals surface area contributed by atoms with Gasteiger partial charge in [-0.3, -0.25) is 4.79 Å². The molecule has 0 aliphatic carbocycles. The van der Waals surface area contributed by atoms with Gasteiger partial charge >= 0.3 is 0 Å². The van der Waals surface area contributed by atoms with Crippen molar-refractivity contribution in [2.24, 2.45) is 5.92 Å². The molecular formula is C24H24ClN3O. The number of rotatable bonds is 2. The predicted octanol–water partition coefficient (Wildman–Crippen LogP) is 4.95. The minimum absolute atomic E-state index is 0.0447. The number of amides is 1. The molecular weight excluding hydrogens is 382 g/mol. The Morgan fingerprint density at radius 1 is 0.862 bits per heavy atom. The number of piperidine rings is 1. The minimum Gasteiger partial charge on any atom is -0.370 e. The monoisotopic (exact) mass is 405 g/mol. The third-order valence-corrected chi connectivity index (χ3v) is 6.49. The molecule has 0 saturated carbocycles. The number of fused-ring (bicyclic) bond motifs is 2. The molecule has 148 valence electrons. The molecule has 5 heteroatoms. The number of anilines is 2. The van der Waals surface area contributed by atoms with Crippen LogP contribution < -0.4 is 9.80 Å². The molecule has 1 fully saturated rings. The Morgan fingerprint density at radius 2 is 1.59 bits per heavy atom. The number of benzene rings is 2. The highest BCUT2D eigenvalue weighted by atomic mass is 35.5. The van der Waals surface area contributed by atoms with Gasteiger partial charge in [-0.2, -0.15) is 0 Å². The van der Waals surface area contributed by atoms with E-state index in [0.29, 0.717) is 6.54 Å². The standard InChI is InChI=1S/C24H24ClN3O/c25-21-8-2-4-10-23(21)26-14-11-18(12-15-26)24(29)28-17-20-7-5-13-27(20)16-19-6-1-3-9-22(19)28/h1-10,13,18H,11-12,14-17H2. The van der Waals surface area contributed by atoms with Gasteiger partial charge < -0.3 is 14.4 Å². The van der Waals surface area contributed by atoms with Crippen molar-refractivity contribution in [2.45, 2.75) is 25.9 Å². The smallest absolute Gasteiger partial charge is 0.230 e. The number of hydrogen-bond donors (Lipinski definition) is 0. The lowest BCUT2D eigenvalue weighted by Gasteiger charge is -2.35. The Balaban J connectivity index is 1.36. The number of para-hydroxylation sites is 2. The number of hydrogen-bond acceptors (Lipinski definition) is 2. The summed E-state index contributed by atoms with van der Waals surface area (Å²) in [6, 6.07) is 20.4. The first-order valence-electron chi connectivity index (χ1n) is 10.2. The Labute approximate surface area is 176 Å². The molecule has 29 heavy (non-hydrogen) atoms. The van der Waals surface area contributed by atoms with Gasteiger partial charge in [0.25, 0.3) is 0 Å². The minimum atomic E-state index is 0.0447. The van der Waals surface area contributed by atoms with Gasteiger partial charge in [-0.05, 0) is 48.7 Å². The van der Waals surface area contributed by atoms with Crippen molar-refractivity contribution in [2.75, 3.05) is 22.9 Å². The predicted molar refractivity (Wildman–Crippen MR) is 118 cm³/mol. The molecule has 0 unspecified atom stereocenters. The topological polar surface area (TPSA) is 28.5 Å². The van der Waals surface area contributed by atoms with Crippen LogP contribution in [-0.2, 0) is 17.9 Å². The van der Waals surface area contributed by atoms with Gasteiger partial charge in [0.15, 0.2) is 0 Å². The highest BCUT2D eigenvalue weighted by molar-refractivity contribution is 6.33. The average molecular weight is 406 g/mol. The number of nitrogens with zero attached hydrogens (tertiary/aromatic N) is 3. The number of aromatic nitrogens is 1. The van der Waals surface area contributed by atoms with Crippen LogP contribution in [0.4, 0.5) is 11.4 Å². The van der Waals surface area contributed by atoms with Crippen molar-refractivity contribution >= 4 is 28.9 Å². The zero-order chi connectivity index (χ0) is 19.8. The SMILES string of the molecule is O=C(C1CCN(c2ccccc2Cl)CC1)N1Cc2cccn2Cc2ccccc21. The van der Waals surface area contributed by atoms with Crippen LogP contribution in [0.2, 0.25) is 5.02 Å². The molecule has 0 atom stereocenters. The van der Waals surface area contributed by atoms with E-state index in [1.54, 1.807) is 0 Å². The summed E-state index contributed by atoms with van der Waals surface area (Å²) in [5.74, 6) is 0.286. The van der Waals surface area contributed by atoms with Gasteiger partial charge in [0.1, 0.15) is 0 Å². The summed E-state index contributed by atoms with van der Waals surface area (Å²) >= 11 is 6.37. The highest BCUT2D eigenvalue weighted by Crippen LogP contribution is 2.33. The normalized spacial score (nSPS) is 16.9. The van der Waals surface area contributed by atoms with Crippen molar-refractivity contribution in [1.29, 1.82) is 0 Å². The van der Waals surface area contributed by atoms with Gasteiger partial charge in [-0.15, -0.1) is 0 Å². The van der Waals surface area contributed by atoms with Crippen LogP contribution >= 0.6 is 11.6 Å². The third-order valence-electron chi connectivity index (χ3n) is 6.17. The van der Waals surface area contributed by atoms with Crippen molar-refractivity contribution in [1.82, 2.24) is 4.57 Å². The van der Waals surface area contributed by atoms with Crippen molar-refractivity contribution < 1.29 is 4.79 Å². The van der Waals surface area contributed by atoms with Gasteiger partial charge in [-0.1, -0.05) is 41.9 Å². The second kappa shape index (κ2) is 7.60. The van der Waals surface area contributed by atoms with Gasteiger partial charge in [0, 0.05) is 43.1 Å². The first kappa shape index (κ1) is 18.3. The van der Waals surface area contributed by atoms with E-state index in [1.807, 2.05) is 29.2 Å². The third kappa shape index (κ3) is 3.42. The highest BCUT2D eigenvalue weighted by Gasteiger charge is 2.32. The fourth-order valence-corrected chi connectivity index (χ4v) is 4.83. The fourth-order valence-electron chi connectivity index (χ4n) is 4.58. The van der Waals surface area contributed by atoms with E-state index in [1.165, 1.54) is 11.3 Å². The first-order valence-corrected chi connectivity index (χ1v) is 10.6. The lowest BCUT2D eigenvalue weighted by Crippen LogP contribution is -2.42. The van der Waals surface area contributed by atoms with Crippen LogP contribution in [0, 0.1) is 5.92 Å². The first-order chi connectivity index (χ1) is 14.2. The summed E-state index contributed by atoms with van der Waals surface area (Å²) in [6.45, 7) is 3.15. The van der Waals surface area contributed by atoms with Crippen molar-refractivity contribution in [3.8, 4) is 0 Å². The number of carbonyl (C=O) groups excluding carboxylic acids is 1. The summed E-state index contributed by atoms with van der Waals surface area (Å²) < 4.78 is 2.24. The molecule has 0 bridgehead atoms. The Hall–Kier alpha value is -2.72. The number of carbonyl (C=O) groups is 1. The van der Waals surface area contributed by atoms with E-state index in [0.717, 1.165) is 48.9 Å². The van der Waals surface area contributed by atoms with Crippen LogP contribution in [0.25, 0.3) is 0 Å². The molecule has 4 nitrogen and oxygen atoms in total. The molecule has 1 saturated heterocycles. The lowest BCUT2D eigenvalue weighted by molar-refractivity contribution is -0.123. The van der Waals surface area contributed by atoms with Crippen molar-refractivity contribution in [3.63, 3.8) is 0 Å². The Bertz CT molecular complexity index is 1040. The zero-order valence-electron chi connectivity index (χ0n) is 16.3. The second-order valence-electron chi connectivity index (χ2n) is 7.89. The molecule has 5 rings (SSSR count). The van der Waals surface area contributed by atoms with E-state index in [9.17, 15) is 4.79 Å². The maximum atomic E-state index is 13.6. The van der Waals surface area contributed by atoms with E-state index < -0.39 is 0 Å². The average Bonchev–Trinajstić information content (AvgIpc) is 3.13. The second-order valence-corrected chi connectivity index (χ2v) is 8.30. The van der Waals surface area contributed by atoms with Crippen LogP contribution in [0.5, 0.6) is 0 Å². The van der Waals surface area contributed by atoms with Gasteiger partial charge in [-0.25, -0.2) is 0 Å². The summed E-state index contributed by atoms with van der Waals surface area (Å²) in [6.07, 6.45) is 3.80. The van der Waals surface area contributed by atoms with Crippen molar-refractivity contribution in [3.05, 3.63) is 83.1 Å². The van der Waals surface area contributed by atoms with E-state index in [4.69, 9.17) is 11.6 Å². The molecule has 0 N–H and O–H groups in total. The zero-order valence-corrected chi connectivity index (χ0v) is 17.1. The Morgan fingerprint density at radius 3 is 2.38 bits per heavy atom. The van der Waals surface area contributed by atoms with Crippen LogP contribution in [0.3, 0.4) is 0 Å². The largest absolute Gasteiger partial charge is 0.370 e. The van der Waals surface area contributed by atoms with E-state index >= 15 is 0 Å². The van der Waals surface area contributed by atoms with E-state index in [-0.39, 0.29) is 11.8 Å². The van der Waals surface area contributed by atoms with Crippen LogP contribution in [0.1, 0.15) is 24.1 Å². The maximum Gasteiger partial charge on any atom is 0.230 e. The molecule has 2 aromatic carbocycles. The summed E-state index contributed by atoms with van der Waals surface area (Å²) in [7, 11) is 0. The van der Waals surface area contributed by atoms with Gasteiger partial charge in [0.05, 0.1) is 17.3 Å². The molecule has 1 amide bonds. The molecule has 3 aromatic rings. The van der Waals surface area contributed by atoms with E-state index in [2.05, 4.69) is 52.1 Å². The van der Waals surface area contributed by atoms with Crippen LogP contribution in [0.15, 0.2) is 66.9 Å². The molecule has 0 radical (unpaired) electrons. The quantitative estimate of drug-likeness (QED) is 0.603. The Kier molecular flexibility index (Phi) is 4.80. The molecule has 1 aromatic heterocycles. The lowest BCUT2D eigenvalue weighted by atomic mass is 9.94. The maximum absolute atomic E-state index is 13.6. The summed E-state index contributed by atoms with van der Waals surface area (Å²) in [4.78, 5) is 17.9. The number of halogens is 1. The summed E-state index contributed by atoms with van der Waals surface area (Å²) in [5.41, 5.74) is 4.50. The van der Waals surface area contributed by atoms with Crippen LogP contribution in [-0.4, -0.2) is 23.6 Å². The molecule has 0 spiro atoms. The molecule has 2 aliphatic heterocycles. The summed E-state index contributed by atoms with van der Waals surface area (Å²) in [5, 5.41) is 0.777. The van der Waals surface area contributed by atoms with Gasteiger partial charge in [0.2, 0.25) is 5.91 Å². The molecule has 3 heterocycles.